The molecule has 0 aromatic heterocycles. The third-order valence-corrected chi connectivity index (χ3v) is 3.46. The van der Waals surface area contributed by atoms with Gasteiger partial charge in [-0.1, -0.05) is 32.6 Å². The lowest BCUT2D eigenvalue weighted by molar-refractivity contribution is -0.139. The Morgan fingerprint density at radius 3 is 2.41 bits per heavy atom. The van der Waals surface area contributed by atoms with Crippen molar-refractivity contribution in [3.63, 3.8) is 0 Å². The molecule has 0 aliphatic heterocycles. The molecule has 4 heteroatoms. The second-order valence-electron chi connectivity index (χ2n) is 5.06. The Balaban J connectivity index is 2.43. The molecule has 0 spiro atoms. The third-order valence-electron chi connectivity index (χ3n) is 3.46. The molecule has 0 radical (unpaired) electrons. The Morgan fingerprint density at radius 2 is 1.88 bits per heavy atom. The summed E-state index contributed by atoms with van der Waals surface area (Å²) in [5, 5.41) is 11.9. The largest absolute Gasteiger partial charge is 0.481 e. The SMILES string of the molecule is CCCCCC(=O)NC1(CC(=O)O)CCCC1. The molecule has 0 bridgehead atoms. The summed E-state index contributed by atoms with van der Waals surface area (Å²) in [6.07, 6.45) is 7.27. The first-order valence-electron chi connectivity index (χ1n) is 6.61. The lowest BCUT2D eigenvalue weighted by Crippen LogP contribution is -2.47. The van der Waals surface area contributed by atoms with Crippen LogP contribution in [-0.2, 0) is 9.59 Å². The first kappa shape index (κ1) is 14.0. The maximum atomic E-state index is 11.8. The van der Waals surface area contributed by atoms with E-state index in [2.05, 4.69) is 12.2 Å². The van der Waals surface area contributed by atoms with Crippen LogP contribution < -0.4 is 5.32 Å². The number of carbonyl (C=O) groups excluding carboxylic acids is 1. The number of carboxylic acid groups (broad SMARTS) is 1. The average molecular weight is 241 g/mol. The van der Waals surface area contributed by atoms with Crippen molar-refractivity contribution in [3.8, 4) is 0 Å². The van der Waals surface area contributed by atoms with E-state index in [1.165, 1.54) is 0 Å². The van der Waals surface area contributed by atoms with E-state index < -0.39 is 11.5 Å². The van der Waals surface area contributed by atoms with Gasteiger partial charge in [0.1, 0.15) is 0 Å². The summed E-state index contributed by atoms with van der Waals surface area (Å²) in [7, 11) is 0. The third kappa shape index (κ3) is 4.75. The molecule has 0 aromatic rings. The van der Waals surface area contributed by atoms with Crippen LogP contribution in [0.15, 0.2) is 0 Å². The molecule has 17 heavy (non-hydrogen) atoms. The molecule has 0 aromatic carbocycles. The van der Waals surface area contributed by atoms with E-state index in [0.29, 0.717) is 6.42 Å². The van der Waals surface area contributed by atoms with E-state index in [0.717, 1.165) is 44.9 Å². The molecule has 0 atom stereocenters. The lowest BCUT2D eigenvalue weighted by Gasteiger charge is -2.28. The second-order valence-corrected chi connectivity index (χ2v) is 5.06. The van der Waals surface area contributed by atoms with Gasteiger partial charge in [0.15, 0.2) is 0 Å². The van der Waals surface area contributed by atoms with Crippen molar-refractivity contribution >= 4 is 11.9 Å². The molecular weight excluding hydrogens is 218 g/mol. The minimum Gasteiger partial charge on any atom is -0.481 e. The highest BCUT2D eigenvalue weighted by molar-refractivity contribution is 5.78. The lowest BCUT2D eigenvalue weighted by atomic mass is 9.93. The molecule has 1 amide bonds. The quantitative estimate of drug-likeness (QED) is 0.673. The van der Waals surface area contributed by atoms with Gasteiger partial charge in [-0.3, -0.25) is 9.59 Å². The maximum Gasteiger partial charge on any atom is 0.305 e. The summed E-state index contributed by atoms with van der Waals surface area (Å²) in [6.45, 7) is 2.10. The van der Waals surface area contributed by atoms with Crippen molar-refractivity contribution in [1.29, 1.82) is 0 Å². The predicted octanol–water partition coefficient (Wildman–Crippen LogP) is 2.47. The average Bonchev–Trinajstić information content (AvgIpc) is 2.65. The van der Waals surface area contributed by atoms with E-state index in [1.807, 2.05) is 0 Å². The summed E-state index contributed by atoms with van der Waals surface area (Å²) in [5.41, 5.74) is -0.463. The first-order valence-corrected chi connectivity index (χ1v) is 6.61. The molecule has 0 saturated heterocycles. The van der Waals surface area contributed by atoms with Crippen molar-refractivity contribution in [3.05, 3.63) is 0 Å². The van der Waals surface area contributed by atoms with Crippen LogP contribution in [0.25, 0.3) is 0 Å². The van der Waals surface area contributed by atoms with E-state index in [4.69, 9.17) is 5.11 Å². The molecule has 0 heterocycles. The zero-order valence-electron chi connectivity index (χ0n) is 10.6. The van der Waals surface area contributed by atoms with E-state index >= 15 is 0 Å². The number of hydrogen-bond donors (Lipinski definition) is 2. The van der Waals surface area contributed by atoms with Crippen molar-refractivity contribution in [2.75, 3.05) is 0 Å². The summed E-state index contributed by atoms with van der Waals surface area (Å²) in [5.74, 6) is -0.803. The molecule has 98 valence electrons. The fourth-order valence-corrected chi connectivity index (χ4v) is 2.58. The minimum atomic E-state index is -0.819. The number of carbonyl (C=O) groups is 2. The van der Waals surface area contributed by atoms with E-state index in [9.17, 15) is 9.59 Å². The van der Waals surface area contributed by atoms with Crippen LogP contribution in [0.2, 0.25) is 0 Å². The Labute approximate surface area is 103 Å². The van der Waals surface area contributed by atoms with Gasteiger partial charge in [-0.15, -0.1) is 0 Å². The van der Waals surface area contributed by atoms with Crippen LogP contribution in [0.3, 0.4) is 0 Å². The van der Waals surface area contributed by atoms with Crippen molar-refractivity contribution < 1.29 is 14.7 Å². The van der Waals surface area contributed by atoms with Gasteiger partial charge in [-0.2, -0.15) is 0 Å². The summed E-state index contributed by atoms with van der Waals surface area (Å²) in [4.78, 5) is 22.6. The Kier molecular flexibility index (Phi) is 5.45. The topological polar surface area (TPSA) is 66.4 Å². The zero-order chi connectivity index (χ0) is 12.7. The molecule has 1 rings (SSSR count). The highest BCUT2D eigenvalue weighted by Crippen LogP contribution is 2.32. The summed E-state index contributed by atoms with van der Waals surface area (Å²) < 4.78 is 0. The molecule has 0 unspecified atom stereocenters. The first-order chi connectivity index (χ1) is 8.08. The van der Waals surface area contributed by atoms with Crippen molar-refractivity contribution in [1.82, 2.24) is 5.32 Å². The number of unbranched alkanes of at least 4 members (excludes halogenated alkanes) is 2. The van der Waals surface area contributed by atoms with Crippen molar-refractivity contribution in [2.45, 2.75) is 70.3 Å². The Bertz CT molecular complexity index is 270. The van der Waals surface area contributed by atoms with Gasteiger partial charge < -0.3 is 10.4 Å². The van der Waals surface area contributed by atoms with Crippen LogP contribution in [0.4, 0.5) is 0 Å². The van der Waals surface area contributed by atoms with Gasteiger partial charge in [0, 0.05) is 6.42 Å². The van der Waals surface area contributed by atoms with E-state index in [1.54, 1.807) is 0 Å². The fraction of sp³-hybridized carbons (Fsp3) is 0.846. The van der Waals surface area contributed by atoms with Gasteiger partial charge in [0.05, 0.1) is 12.0 Å². The van der Waals surface area contributed by atoms with Gasteiger partial charge in [0.25, 0.3) is 0 Å². The summed E-state index contributed by atoms with van der Waals surface area (Å²) >= 11 is 0. The van der Waals surface area contributed by atoms with Crippen LogP contribution in [-0.4, -0.2) is 22.5 Å². The second kappa shape index (κ2) is 6.62. The van der Waals surface area contributed by atoms with Gasteiger partial charge in [0.2, 0.25) is 5.91 Å². The molecule has 4 nitrogen and oxygen atoms in total. The molecule has 1 aliphatic rings. The van der Waals surface area contributed by atoms with Crippen LogP contribution in [0.5, 0.6) is 0 Å². The monoisotopic (exact) mass is 241 g/mol. The normalized spacial score (nSPS) is 17.9. The Morgan fingerprint density at radius 1 is 1.24 bits per heavy atom. The maximum absolute atomic E-state index is 11.8. The number of nitrogens with one attached hydrogen (secondary N) is 1. The molecule has 1 fully saturated rings. The van der Waals surface area contributed by atoms with E-state index in [-0.39, 0.29) is 12.3 Å². The zero-order valence-corrected chi connectivity index (χ0v) is 10.6. The summed E-state index contributed by atoms with van der Waals surface area (Å²) in [6, 6.07) is 0. The van der Waals surface area contributed by atoms with Crippen LogP contribution in [0.1, 0.15) is 64.7 Å². The number of aliphatic carboxylic acids is 1. The highest BCUT2D eigenvalue weighted by atomic mass is 16.4. The minimum absolute atomic E-state index is 0.0154. The molecule has 1 saturated carbocycles. The number of hydrogen-bond acceptors (Lipinski definition) is 2. The van der Waals surface area contributed by atoms with Gasteiger partial charge in [-0.05, 0) is 19.3 Å². The smallest absolute Gasteiger partial charge is 0.305 e. The highest BCUT2D eigenvalue weighted by Gasteiger charge is 2.37. The fourth-order valence-electron chi connectivity index (χ4n) is 2.58. The van der Waals surface area contributed by atoms with Crippen LogP contribution in [0, 0.1) is 0 Å². The standard InChI is InChI=1S/C13H23NO3/c1-2-3-4-7-11(15)14-13(10-12(16)17)8-5-6-9-13/h2-10H2,1H3,(H,14,15)(H,16,17). The number of amides is 1. The Hall–Kier alpha value is -1.06. The van der Waals surface area contributed by atoms with Gasteiger partial charge in [-0.25, -0.2) is 0 Å². The van der Waals surface area contributed by atoms with Gasteiger partial charge >= 0.3 is 5.97 Å². The molecule has 2 N–H and O–H groups in total. The number of carboxylic acids is 1. The molecule has 1 aliphatic carbocycles. The van der Waals surface area contributed by atoms with Crippen molar-refractivity contribution in [2.24, 2.45) is 0 Å². The van der Waals surface area contributed by atoms with Crippen LogP contribution >= 0.6 is 0 Å². The molecular formula is C13H23NO3. The predicted molar refractivity (Wildman–Crippen MR) is 65.7 cm³/mol. The number of rotatable bonds is 7.